The summed E-state index contributed by atoms with van der Waals surface area (Å²) in [6, 6.07) is 14.5. The molecule has 0 aromatic heterocycles. The van der Waals surface area contributed by atoms with Crippen molar-refractivity contribution < 1.29 is 14.2 Å². The number of ether oxygens (including phenoxy) is 1. The minimum atomic E-state index is -0.235. The molecule has 3 rings (SSSR count). The zero-order valence-electron chi connectivity index (χ0n) is 12.3. The maximum Gasteiger partial charge on any atom is 0.123 e. The van der Waals surface area contributed by atoms with Gasteiger partial charge in [-0.15, -0.1) is 0 Å². The summed E-state index contributed by atoms with van der Waals surface area (Å²) in [5.41, 5.74) is 2.07. The lowest BCUT2D eigenvalue weighted by Gasteiger charge is -2.32. The highest BCUT2D eigenvalue weighted by Crippen LogP contribution is 2.29. The fourth-order valence-corrected chi connectivity index (χ4v) is 2.82. The number of hydrogen-bond donors (Lipinski definition) is 2. The van der Waals surface area contributed by atoms with Crippen molar-refractivity contribution in [2.75, 3.05) is 6.61 Å². The topological polar surface area (TPSA) is 41.5 Å². The standard InChI is InChI=1S/C18H20FNO2/c19-15-7-9-17-14(10-15)6-8-18(22-17)16(12-21)20-11-13-4-2-1-3-5-13/h1-5,7,9-10,16,18,20-21H,6,8,11-12H2/t16-,18?/m1/s1. The smallest absolute Gasteiger partial charge is 0.123 e. The van der Waals surface area contributed by atoms with Gasteiger partial charge in [-0.1, -0.05) is 30.3 Å². The first-order valence-electron chi connectivity index (χ1n) is 7.59. The molecule has 1 unspecified atom stereocenters. The Morgan fingerprint density at radius 3 is 2.82 bits per heavy atom. The highest BCUT2D eigenvalue weighted by Gasteiger charge is 2.27. The van der Waals surface area contributed by atoms with Crippen LogP contribution < -0.4 is 10.1 Å². The van der Waals surface area contributed by atoms with E-state index in [1.807, 2.05) is 30.3 Å². The van der Waals surface area contributed by atoms with E-state index < -0.39 is 0 Å². The predicted octanol–water partition coefficient (Wildman–Crippen LogP) is 2.67. The molecule has 116 valence electrons. The van der Waals surface area contributed by atoms with E-state index in [9.17, 15) is 9.50 Å². The zero-order valence-corrected chi connectivity index (χ0v) is 12.3. The summed E-state index contributed by atoms with van der Waals surface area (Å²) in [6.07, 6.45) is 1.43. The molecule has 1 aliphatic heterocycles. The van der Waals surface area contributed by atoms with Gasteiger partial charge in [0.25, 0.3) is 0 Å². The normalized spacial score (nSPS) is 18.4. The molecule has 1 aliphatic rings. The van der Waals surface area contributed by atoms with E-state index in [1.165, 1.54) is 17.7 Å². The number of rotatable bonds is 5. The van der Waals surface area contributed by atoms with E-state index in [4.69, 9.17) is 4.74 Å². The summed E-state index contributed by atoms with van der Waals surface area (Å²) in [5, 5.41) is 13.0. The second-order valence-corrected chi connectivity index (χ2v) is 5.60. The average Bonchev–Trinajstić information content (AvgIpc) is 2.56. The van der Waals surface area contributed by atoms with Gasteiger partial charge >= 0.3 is 0 Å². The van der Waals surface area contributed by atoms with Crippen LogP contribution >= 0.6 is 0 Å². The molecule has 0 saturated heterocycles. The molecule has 0 radical (unpaired) electrons. The zero-order chi connectivity index (χ0) is 15.4. The molecule has 3 nitrogen and oxygen atoms in total. The Morgan fingerprint density at radius 2 is 2.05 bits per heavy atom. The third-order valence-electron chi connectivity index (χ3n) is 4.06. The molecule has 0 saturated carbocycles. The van der Waals surface area contributed by atoms with Crippen LogP contribution in [0, 0.1) is 5.82 Å². The minimum Gasteiger partial charge on any atom is -0.488 e. The second kappa shape index (κ2) is 6.90. The Kier molecular flexibility index (Phi) is 4.71. The highest BCUT2D eigenvalue weighted by atomic mass is 19.1. The van der Waals surface area contributed by atoms with Gasteiger partial charge in [-0.2, -0.15) is 0 Å². The Hall–Kier alpha value is -1.91. The first-order chi connectivity index (χ1) is 10.8. The number of aryl methyl sites for hydroxylation is 1. The van der Waals surface area contributed by atoms with Crippen molar-refractivity contribution >= 4 is 0 Å². The van der Waals surface area contributed by atoms with Crippen molar-refractivity contribution in [1.29, 1.82) is 0 Å². The monoisotopic (exact) mass is 301 g/mol. The van der Waals surface area contributed by atoms with Crippen molar-refractivity contribution in [2.45, 2.75) is 31.5 Å². The maximum atomic E-state index is 13.2. The van der Waals surface area contributed by atoms with Crippen molar-refractivity contribution in [3.8, 4) is 5.75 Å². The van der Waals surface area contributed by atoms with Gasteiger partial charge in [0.05, 0.1) is 12.6 Å². The van der Waals surface area contributed by atoms with E-state index in [0.29, 0.717) is 6.54 Å². The maximum absolute atomic E-state index is 13.2. The summed E-state index contributed by atoms with van der Waals surface area (Å²) in [5.74, 6) is 0.485. The Balaban J connectivity index is 1.63. The Morgan fingerprint density at radius 1 is 1.23 bits per heavy atom. The summed E-state index contributed by atoms with van der Waals surface area (Å²) < 4.78 is 19.2. The molecule has 2 aromatic rings. The van der Waals surface area contributed by atoms with E-state index in [-0.39, 0.29) is 24.6 Å². The van der Waals surface area contributed by atoms with Crippen LogP contribution in [-0.4, -0.2) is 23.9 Å². The second-order valence-electron chi connectivity index (χ2n) is 5.60. The molecule has 1 heterocycles. The number of hydrogen-bond acceptors (Lipinski definition) is 3. The molecule has 4 heteroatoms. The van der Waals surface area contributed by atoms with Gasteiger partial charge in [0.1, 0.15) is 17.7 Å². The molecule has 2 aromatic carbocycles. The molecule has 0 fully saturated rings. The van der Waals surface area contributed by atoms with Crippen molar-refractivity contribution in [3.05, 3.63) is 65.5 Å². The van der Waals surface area contributed by atoms with Crippen molar-refractivity contribution in [2.24, 2.45) is 0 Å². The number of halogens is 1. The van der Waals surface area contributed by atoms with Crippen LogP contribution in [-0.2, 0) is 13.0 Å². The number of nitrogens with one attached hydrogen (secondary N) is 1. The van der Waals surface area contributed by atoms with Crippen LogP contribution in [0.15, 0.2) is 48.5 Å². The third-order valence-corrected chi connectivity index (χ3v) is 4.06. The van der Waals surface area contributed by atoms with Crippen molar-refractivity contribution in [3.63, 3.8) is 0 Å². The van der Waals surface area contributed by atoms with Crippen LogP contribution in [0.1, 0.15) is 17.5 Å². The van der Waals surface area contributed by atoms with E-state index in [2.05, 4.69) is 5.32 Å². The van der Waals surface area contributed by atoms with Crippen LogP contribution in [0.2, 0.25) is 0 Å². The molecule has 22 heavy (non-hydrogen) atoms. The quantitative estimate of drug-likeness (QED) is 0.892. The third kappa shape index (κ3) is 3.46. The summed E-state index contributed by atoms with van der Waals surface area (Å²) in [7, 11) is 0. The summed E-state index contributed by atoms with van der Waals surface area (Å²) in [4.78, 5) is 0. The van der Waals surface area contributed by atoms with Crippen LogP contribution in [0.25, 0.3) is 0 Å². The number of aliphatic hydroxyl groups is 1. The van der Waals surface area contributed by atoms with Gasteiger partial charge in [-0.3, -0.25) is 0 Å². The SMILES string of the molecule is OC[C@@H](NCc1ccccc1)C1CCc2cc(F)ccc2O1. The van der Waals surface area contributed by atoms with Crippen molar-refractivity contribution in [1.82, 2.24) is 5.32 Å². The van der Waals surface area contributed by atoms with Gasteiger partial charge in [-0.05, 0) is 42.2 Å². The van der Waals surface area contributed by atoms with Gasteiger partial charge in [-0.25, -0.2) is 4.39 Å². The van der Waals surface area contributed by atoms with Crippen LogP contribution in [0.3, 0.4) is 0 Å². The molecular formula is C18H20FNO2. The number of aliphatic hydroxyl groups excluding tert-OH is 1. The minimum absolute atomic E-state index is 0.00796. The Labute approximate surface area is 129 Å². The molecular weight excluding hydrogens is 281 g/mol. The van der Waals surface area contributed by atoms with E-state index in [0.717, 1.165) is 24.2 Å². The average molecular weight is 301 g/mol. The van der Waals surface area contributed by atoms with Crippen LogP contribution in [0.5, 0.6) is 5.75 Å². The van der Waals surface area contributed by atoms with E-state index >= 15 is 0 Å². The predicted molar refractivity (Wildman–Crippen MR) is 83.3 cm³/mol. The van der Waals surface area contributed by atoms with Crippen LogP contribution in [0.4, 0.5) is 4.39 Å². The fraction of sp³-hybridized carbons (Fsp3) is 0.333. The molecule has 2 N–H and O–H groups in total. The first kappa shape index (κ1) is 15.0. The molecule has 0 aliphatic carbocycles. The first-order valence-corrected chi connectivity index (χ1v) is 7.59. The lowest BCUT2D eigenvalue weighted by atomic mass is 9.97. The van der Waals surface area contributed by atoms with Gasteiger partial charge < -0.3 is 15.2 Å². The number of fused-ring (bicyclic) bond motifs is 1. The van der Waals surface area contributed by atoms with Gasteiger partial charge in [0.15, 0.2) is 0 Å². The molecule has 0 bridgehead atoms. The summed E-state index contributed by atoms with van der Waals surface area (Å²) in [6.45, 7) is 0.691. The Bertz CT molecular complexity index is 618. The van der Waals surface area contributed by atoms with Gasteiger partial charge in [0.2, 0.25) is 0 Å². The molecule has 0 amide bonds. The van der Waals surface area contributed by atoms with Gasteiger partial charge in [0, 0.05) is 6.54 Å². The highest BCUT2D eigenvalue weighted by molar-refractivity contribution is 5.36. The lowest BCUT2D eigenvalue weighted by Crippen LogP contribution is -2.46. The largest absolute Gasteiger partial charge is 0.488 e. The summed E-state index contributed by atoms with van der Waals surface area (Å²) >= 11 is 0. The molecule has 0 spiro atoms. The number of benzene rings is 2. The lowest BCUT2D eigenvalue weighted by molar-refractivity contribution is 0.0914. The fourth-order valence-electron chi connectivity index (χ4n) is 2.82. The molecule has 2 atom stereocenters. The van der Waals surface area contributed by atoms with E-state index in [1.54, 1.807) is 6.07 Å².